The summed E-state index contributed by atoms with van der Waals surface area (Å²) >= 11 is 0. The Morgan fingerprint density at radius 2 is 1.91 bits per heavy atom. The van der Waals surface area contributed by atoms with Gasteiger partial charge < -0.3 is 15.2 Å². The molecule has 2 aromatic carbocycles. The van der Waals surface area contributed by atoms with Crippen molar-refractivity contribution in [1.29, 1.82) is 0 Å². The number of carbonyl (C=O) groups is 2. The summed E-state index contributed by atoms with van der Waals surface area (Å²) in [6, 6.07) is 16.8. The number of carboxylic acid groups (broad SMARTS) is 1. The molecule has 5 rings (SSSR count). The van der Waals surface area contributed by atoms with Crippen LogP contribution in [-0.4, -0.2) is 35.3 Å². The van der Waals surface area contributed by atoms with E-state index in [0.29, 0.717) is 13.0 Å². The van der Waals surface area contributed by atoms with Gasteiger partial charge in [0.1, 0.15) is 18.4 Å². The summed E-state index contributed by atoms with van der Waals surface area (Å²) in [5.41, 5.74) is 5.16. The second-order valence-electron chi connectivity index (χ2n) is 8.46. The molecule has 1 amide bonds. The molecule has 3 atom stereocenters. The molecule has 33 heavy (non-hydrogen) atoms. The van der Waals surface area contributed by atoms with Gasteiger partial charge in [-0.2, -0.15) is 0 Å². The van der Waals surface area contributed by atoms with Crippen molar-refractivity contribution in [3.8, 4) is 5.75 Å². The van der Waals surface area contributed by atoms with Gasteiger partial charge in [-0.25, -0.2) is 4.79 Å². The van der Waals surface area contributed by atoms with E-state index in [2.05, 4.69) is 41.8 Å². The fourth-order valence-electron chi connectivity index (χ4n) is 4.42. The van der Waals surface area contributed by atoms with Crippen molar-refractivity contribution in [2.75, 3.05) is 6.61 Å². The van der Waals surface area contributed by atoms with Gasteiger partial charge in [-0.05, 0) is 48.3 Å². The molecule has 1 aliphatic carbocycles. The van der Waals surface area contributed by atoms with Crippen molar-refractivity contribution in [3.63, 3.8) is 0 Å². The smallest absolute Gasteiger partial charge is 0.327 e. The number of carboxylic acids is 1. The van der Waals surface area contributed by atoms with Gasteiger partial charge in [0.25, 0.3) is 0 Å². The number of allylic oxidation sites excluding steroid dienone is 5. The van der Waals surface area contributed by atoms with Gasteiger partial charge in [-0.3, -0.25) is 9.79 Å². The van der Waals surface area contributed by atoms with Crippen molar-refractivity contribution >= 4 is 17.6 Å². The number of nitrogens with zero attached hydrogens (tertiary/aromatic N) is 1. The lowest BCUT2D eigenvalue weighted by molar-refractivity contribution is -0.153. The highest BCUT2D eigenvalue weighted by Gasteiger charge is 2.43. The predicted octanol–water partition coefficient (Wildman–Crippen LogP) is 3.70. The summed E-state index contributed by atoms with van der Waals surface area (Å²) in [5.74, 6) is -0.792. The van der Waals surface area contributed by atoms with Crippen LogP contribution >= 0.6 is 0 Å². The molecular formula is C27H24N2O4. The fourth-order valence-corrected chi connectivity index (χ4v) is 4.42. The Labute approximate surface area is 192 Å². The van der Waals surface area contributed by atoms with Gasteiger partial charge in [0.15, 0.2) is 0 Å². The Hall–Kier alpha value is -3.93. The number of hydrogen-bond donors (Lipinski definition) is 2. The molecule has 6 heteroatoms. The Morgan fingerprint density at radius 1 is 1.12 bits per heavy atom. The molecule has 0 bridgehead atoms. The standard InChI is InChI=1S/C27H24N2O4/c30-26-22(25(29-26)27(31)32)14-17-10-12-20(13-11-17)33-16-19-15-24(18-6-2-1-3-7-18)28-23-9-5-4-8-21(19)23/h1-7,9-13,15,21-22,25H,8,14,16H2,(H,29,30)(H,31,32)/t21?,22-,25+/m1/s1. The number of fused-ring (bicyclic) bond motifs is 1. The van der Waals surface area contributed by atoms with Crippen LogP contribution in [-0.2, 0) is 16.0 Å². The van der Waals surface area contributed by atoms with Gasteiger partial charge in [0.2, 0.25) is 5.91 Å². The Kier molecular flexibility index (Phi) is 5.65. The normalized spacial score (nSPS) is 23.3. The minimum absolute atomic E-state index is 0.215. The van der Waals surface area contributed by atoms with Crippen molar-refractivity contribution < 1.29 is 19.4 Å². The van der Waals surface area contributed by atoms with Gasteiger partial charge in [-0.15, -0.1) is 0 Å². The van der Waals surface area contributed by atoms with Crippen molar-refractivity contribution in [3.05, 3.63) is 101 Å². The highest BCUT2D eigenvalue weighted by atomic mass is 16.5. The van der Waals surface area contributed by atoms with E-state index in [1.54, 1.807) is 0 Å². The molecule has 0 radical (unpaired) electrons. The zero-order chi connectivity index (χ0) is 22.8. The molecule has 2 aliphatic heterocycles. The third kappa shape index (κ3) is 4.37. The van der Waals surface area contributed by atoms with Crippen molar-refractivity contribution in [2.24, 2.45) is 16.8 Å². The average Bonchev–Trinajstić information content (AvgIpc) is 2.85. The van der Waals surface area contributed by atoms with Crippen LogP contribution < -0.4 is 10.1 Å². The highest BCUT2D eigenvalue weighted by molar-refractivity contribution is 6.10. The van der Waals surface area contributed by atoms with Crippen LogP contribution in [0.25, 0.3) is 0 Å². The number of aliphatic carboxylic acids is 1. The molecular weight excluding hydrogens is 416 g/mol. The maximum Gasteiger partial charge on any atom is 0.327 e. The molecule has 1 saturated heterocycles. The van der Waals surface area contributed by atoms with Crippen molar-refractivity contribution in [2.45, 2.75) is 18.9 Å². The van der Waals surface area contributed by atoms with E-state index in [4.69, 9.17) is 14.8 Å². The molecule has 2 heterocycles. The van der Waals surface area contributed by atoms with Crippen LogP contribution in [0.3, 0.4) is 0 Å². The number of benzene rings is 2. The molecule has 6 nitrogen and oxygen atoms in total. The molecule has 3 aliphatic rings. The number of ether oxygens (including phenoxy) is 1. The van der Waals surface area contributed by atoms with E-state index in [-0.39, 0.29) is 11.8 Å². The average molecular weight is 440 g/mol. The second kappa shape index (κ2) is 8.90. The topological polar surface area (TPSA) is 88.0 Å². The van der Waals surface area contributed by atoms with E-state index >= 15 is 0 Å². The van der Waals surface area contributed by atoms with Crippen LogP contribution in [0.5, 0.6) is 5.75 Å². The fraction of sp³-hybridized carbons (Fsp3) is 0.222. The quantitative estimate of drug-likeness (QED) is 0.643. The molecule has 2 N–H and O–H groups in total. The Balaban J connectivity index is 1.27. The summed E-state index contributed by atoms with van der Waals surface area (Å²) in [6.07, 6.45) is 9.71. The van der Waals surface area contributed by atoms with E-state index < -0.39 is 17.9 Å². The molecule has 1 fully saturated rings. The lowest BCUT2D eigenvalue weighted by atomic mass is 9.85. The number of amides is 1. The molecule has 0 saturated carbocycles. The maximum atomic E-state index is 11.7. The van der Waals surface area contributed by atoms with E-state index in [0.717, 1.165) is 34.7 Å². The van der Waals surface area contributed by atoms with E-state index in [9.17, 15) is 9.59 Å². The first kappa shape index (κ1) is 20.9. The lowest BCUT2D eigenvalue weighted by Gasteiger charge is -2.33. The Morgan fingerprint density at radius 3 is 2.64 bits per heavy atom. The first-order valence-corrected chi connectivity index (χ1v) is 11.0. The van der Waals surface area contributed by atoms with E-state index in [1.165, 1.54) is 5.57 Å². The first-order valence-electron chi connectivity index (χ1n) is 11.0. The number of aliphatic imine (C=N–C) groups is 1. The van der Waals surface area contributed by atoms with Gasteiger partial charge in [-0.1, -0.05) is 54.6 Å². The van der Waals surface area contributed by atoms with Gasteiger partial charge >= 0.3 is 5.97 Å². The third-order valence-electron chi connectivity index (χ3n) is 6.31. The zero-order valence-corrected chi connectivity index (χ0v) is 18.0. The summed E-state index contributed by atoms with van der Waals surface area (Å²) in [7, 11) is 0. The van der Waals surface area contributed by atoms with Crippen LogP contribution in [0, 0.1) is 11.8 Å². The lowest BCUT2D eigenvalue weighted by Crippen LogP contribution is -2.62. The molecule has 166 valence electrons. The van der Waals surface area contributed by atoms with Crippen LogP contribution in [0.4, 0.5) is 0 Å². The minimum atomic E-state index is -0.996. The summed E-state index contributed by atoms with van der Waals surface area (Å²) < 4.78 is 6.11. The number of dihydropyridines is 1. The number of rotatable bonds is 7. The maximum absolute atomic E-state index is 11.7. The van der Waals surface area contributed by atoms with E-state index in [1.807, 2.05) is 42.5 Å². The van der Waals surface area contributed by atoms with Crippen molar-refractivity contribution in [1.82, 2.24) is 5.32 Å². The highest BCUT2D eigenvalue weighted by Crippen LogP contribution is 2.33. The predicted molar refractivity (Wildman–Crippen MR) is 125 cm³/mol. The molecule has 1 unspecified atom stereocenters. The number of β-lactam (4-membered cyclic amide) rings is 1. The molecule has 0 spiro atoms. The van der Waals surface area contributed by atoms with Crippen LogP contribution in [0.1, 0.15) is 17.5 Å². The molecule has 2 aromatic rings. The largest absolute Gasteiger partial charge is 0.489 e. The number of carbonyl (C=O) groups excluding carboxylic acids is 1. The molecule has 0 aromatic heterocycles. The van der Waals surface area contributed by atoms with Crippen LogP contribution in [0.2, 0.25) is 0 Å². The summed E-state index contributed by atoms with van der Waals surface area (Å²) in [6.45, 7) is 0.452. The zero-order valence-electron chi connectivity index (χ0n) is 18.0. The van der Waals surface area contributed by atoms with Gasteiger partial charge in [0.05, 0.1) is 11.6 Å². The SMILES string of the molecule is O=C(O)[C@H]1NC(=O)[C@@H]1Cc1ccc(OCC2=CC(c3ccccc3)=NC3=CC=CCC23)cc1. The minimum Gasteiger partial charge on any atom is -0.489 e. The Bertz CT molecular complexity index is 1190. The first-order chi connectivity index (χ1) is 16.1. The second-order valence-corrected chi connectivity index (χ2v) is 8.46. The van der Waals surface area contributed by atoms with Gasteiger partial charge in [0, 0.05) is 17.2 Å². The monoisotopic (exact) mass is 440 g/mol. The number of nitrogens with one attached hydrogen (secondary N) is 1. The summed E-state index contributed by atoms with van der Waals surface area (Å²) in [5, 5.41) is 11.6. The third-order valence-corrected chi connectivity index (χ3v) is 6.31. The number of hydrogen-bond acceptors (Lipinski definition) is 4. The summed E-state index contributed by atoms with van der Waals surface area (Å²) in [4.78, 5) is 27.8. The van der Waals surface area contributed by atoms with Crippen LogP contribution in [0.15, 0.2) is 95.2 Å².